The van der Waals surface area contributed by atoms with Gasteiger partial charge in [-0.3, -0.25) is 4.52 Å². The fourth-order valence-electron chi connectivity index (χ4n) is 1.40. The average molecular weight is 394 g/mol. The van der Waals surface area contributed by atoms with E-state index in [2.05, 4.69) is 13.1 Å². The number of unbranched alkanes of at least 4 members (excludes halogenated alkanes) is 1. The van der Waals surface area contributed by atoms with E-state index < -0.39 is 23.5 Å². The predicted molar refractivity (Wildman–Crippen MR) is 80.3 cm³/mol. The number of rotatable bonds is 11. The van der Waals surface area contributed by atoms with Crippen LogP contribution < -0.4 is 0 Å². The van der Waals surface area contributed by atoms with Gasteiger partial charge < -0.3 is 19.6 Å². The SMILES string of the molecule is CCCCC(CC)COP(=O)(O)OP(=O)(O)OP(=O)(O)O.[NaH]. The van der Waals surface area contributed by atoms with Gasteiger partial charge in [-0.05, 0) is 12.3 Å². The van der Waals surface area contributed by atoms with Crippen molar-refractivity contribution in [1.29, 1.82) is 0 Å². The summed E-state index contributed by atoms with van der Waals surface area (Å²) in [6.45, 7) is 3.63. The Balaban J connectivity index is 0. The van der Waals surface area contributed by atoms with Crippen LogP contribution in [0.2, 0.25) is 0 Å². The molecule has 0 amide bonds. The van der Waals surface area contributed by atoms with E-state index in [1.165, 1.54) is 0 Å². The summed E-state index contributed by atoms with van der Waals surface area (Å²) in [5.41, 5.74) is 0. The van der Waals surface area contributed by atoms with Crippen molar-refractivity contribution in [2.24, 2.45) is 5.92 Å². The van der Waals surface area contributed by atoms with Crippen molar-refractivity contribution in [3.63, 3.8) is 0 Å². The molecule has 4 N–H and O–H groups in total. The van der Waals surface area contributed by atoms with E-state index >= 15 is 0 Å². The summed E-state index contributed by atoms with van der Waals surface area (Å²) >= 11 is 0. The molecule has 0 saturated carbocycles. The van der Waals surface area contributed by atoms with Crippen LogP contribution in [0.5, 0.6) is 0 Å². The molecule has 0 aliphatic heterocycles. The quantitative estimate of drug-likeness (QED) is 0.301. The molecule has 0 fully saturated rings. The second-order valence-corrected chi connectivity index (χ2v) is 8.72. The standard InChI is InChI=1S/C8H21O10P3.Na.H/c1-3-5-6-8(4-2)7-16-20(12,13)18-21(14,15)17-19(9,10)11;;/h8H,3-7H2,1-2H3,(H,12,13)(H,14,15)(H2,9,10,11);;. The van der Waals surface area contributed by atoms with Gasteiger partial charge in [-0.1, -0.05) is 33.1 Å². The molecule has 0 rings (SSSR count). The van der Waals surface area contributed by atoms with Crippen molar-refractivity contribution in [1.82, 2.24) is 0 Å². The Kier molecular flexibility index (Phi) is 13.0. The fraction of sp³-hybridized carbons (Fsp3) is 1.00. The summed E-state index contributed by atoms with van der Waals surface area (Å²) in [7, 11) is -15.8. The van der Waals surface area contributed by atoms with Crippen LogP contribution >= 0.6 is 23.5 Å². The monoisotopic (exact) mass is 394 g/mol. The van der Waals surface area contributed by atoms with Crippen molar-refractivity contribution in [3.8, 4) is 0 Å². The van der Waals surface area contributed by atoms with Gasteiger partial charge in [0.2, 0.25) is 0 Å². The molecular formula is C8H22NaO10P3. The van der Waals surface area contributed by atoms with Gasteiger partial charge in [0.05, 0.1) is 6.61 Å². The van der Waals surface area contributed by atoms with Gasteiger partial charge in [-0.2, -0.15) is 8.62 Å². The van der Waals surface area contributed by atoms with E-state index in [4.69, 9.17) is 14.7 Å². The molecule has 0 bridgehead atoms. The maximum atomic E-state index is 11.5. The number of phosphoric acid groups is 3. The molecule has 10 nitrogen and oxygen atoms in total. The van der Waals surface area contributed by atoms with Gasteiger partial charge in [-0.25, -0.2) is 13.7 Å². The average Bonchev–Trinajstić information content (AvgIpc) is 2.24. The van der Waals surface area contributed by atoms with Crippen LogP contribution in [-0.4, -0.2) is 55.7 Å². The zero-order chi connectivity index (χ0) is 16.7. The Bertz CT molecular complexity index is 451. The first-order chi connectivity index (χ1) is 9.41. The van der Waals surface area contributed by atoms with Crippen molar-refractivity contribution >= 4 is 53.0 Å². The number of hydrogen-bond acceptors (Lipinski definition) is 6. The number of hydrogen-bond donors (Lipinski definition) is 4. The van der Waals surface area contributed by atoms with Gasteiger partial charge in [0.25, 0.3) is 0 Å². The van der Waals surface area contributed by atoms with Crippen LogP contribution in [0.25, 0.3) is 0 Å². The molecular weight excluding hydrogens is 372 g/mol. The third-order valence-corrected chi connectivity index (χ3v) is 6.24. The van der Waals surface area contributed by atoms with Crippen molar-refractivity contribution in [2.45, 2.75) is 39.5 Å². The van der Waals surface area contributed by atoms with E-state index in [1.807, 2.05) is 13.8 Å². The Labute approximate surface area is 151 Å². The molecule has 3 atom stereocenters. The summed E-state index contributed by atoms with van der Waals surface area (Å²) in [6, 6.07) is 0. The Morgan fingerprint density at radius 3 is 1.91 bits per heavy atom. The topological polar surface area (TPSA) is 160 Å². The summed E-state index contributed by atoms with van der Waals surface area (Å²) in [5, 5.41) is 0. The molecule has 0 aromatic heterocycles. The molecule has 14 heteroatoms. The van der Waals surface area contributed by atoms with Gasteiger partial charge in [0.1, 0.15) is 0 Å². The molecule has 22 heavy (non-hydrogen) atoms. The maximum absolute atomic E-state index is 11.5. The van der Waals surface area contributed by atoms with E-state index in [1.54, 1.807) is 0 Å². The fourth-order valence-corrected chi connectivity index (χ4v) is 4.49. The Morgan fingerprint density at radius 2 is 1.50 bits per heavy atom. The van der Waals surface area contributed by atoms with Crippen LogP contribution in [0.1, 0.15) is 39.5 Å². The predicted octanol–water partition coefficient (Wildman–Crippen LogP) is 1.90. The zero-order valence-electron chi connectivity index (χ0n) is 11.7. The molecule has 0 aliphatic carbocycles. The van der Waals surface area contributed by atoms with E-state index in [-0.39, 0.29) is 42.1 Å². The van der Waals surface area contributed by atoms with Crippen LogP contribution in [-0.2, 0) is 26.8 Å². The summed E-state index contributed by atoms with van der Waals surface area (Å²) < 4.78 is 44.7. The van der Waals surface area contributed by atoms with Crippen molar-refractivity contribution in [2.75, 3.05) is 6.61 Å². The van der Waals surface area contributed by atoms with Gasteiger partial charge in [-0.15, -0.1) is 0 Å². The first kappa shape index (κ1) is 25.6. The Hall–Kier alpha value is 1.41. The van der Waals surface area contributed by atoms with Crippen molar-refractivity contribution in [3.05, 3.63) is 0 Å². The molecule has 0 aromatic carbocycles. The molecule has 130 valence electrons. The summed E-state index contributed by atoms with van der Waals surface area (Å²) in [5.74, 6) is -0.0465. The number of phosphoric ester groups is 1. The summed E-state index contributed by atoms with van der Waals surface area (Å²) in [6.07, 6.45) is 3.22. The van der Waals surface area contributed by atoms with Crippen LogP contribution in [0.4, 0.5) is 0 Å². The minimum absolute atomic E-state index is 0. The molecule has 0 aliphatic rings. The minimum atomic E-state index is -5.43. The summed E-state index contributed by atoms with van der Waals surface area (Å²) in [4.78, 5) is 35.0. The zero-order valence-corrected chi connectivity index (χ0v) is 14.4. The van der Waals surface area contributed by atoms with Crippen LogP contribution in [0.3, 0.4) is 0 Å². The third-order valence-electron chi connectivity index (χ3n) is 2.43. The molecule has 0 spiro atoms. The molecule has 0 aromatic rings. The first-order valence-electron chi connectivity index (χ1n) is 6.19. The second-order valence-electron chi connectivity index (χ2n) is 4.30. The molecule has 0 radical (unpaired) electrons. The van der Waals surface area contributed by atoms with Gasteiger partial charge in [0.15, 0.2) is 0 Å². The van der Waals surface area contributed by atoms with E-state index in [0.717, 1.165) is 19.3 Å². The van der Waals surface area contributed by atoms with E-state index in [0.29, 0.717) is 6.42 Å². The molecule has 0 saturated heterocycles. The van der Waals surface area contributed by atoms with Crippen LogP contribution in [0, 0.1) is 5.92 Å². The van der Waals surface area contributed by atoms with Crippen molar-refractivity contribution < 1.29 is 46.4 Å². The second kappa shape index (κ2) is 11.1. The van der Waals surface area contributed by atoms with Gasteiger partial charge >= 0.3 is 53.0 Å². The first-order valence-corrected chi connectivity index (χ1v) is 10.7. The van der Waals surface area contributed by atoms with Crippen LogP contribution in [0.15, 0.2) is 0 Å². The Morgan fingerprint density at radius 1 is 0.955 bits per heavy atom. The normalized spacial score (nSPS) is 18.8. The van der Waals surface area contributed by atoms with Gasteiger partial charge in [0, 0.05) is 0 Å². The van der Waals surface area contributed by atoms with E-state index in [9.17, 15) is 18.6 Å². The third kappa shape index (κ3) is 13.8. The molecule has 3 unspecified atom stereocenters. The molecule has 0 heterocycles.